The standard InChI is InChI=1S/C17H17N3O3S/c1-20(15-4-2-3-9-18-15)11-23-13-7-5-12(6-8-13)10-14-16(21)19-17(22)24-14/h2-9,14H,10-11H2,1H3,(H,19,21,22). The van der Waals surface area contributed by atoms with Gasteiger partial charge in [-0.1, -0.05) is 30.0 Å². The molecule has 0 aliphatic carbocycles. The Balaban J connectivity index is 1.53. The van der Waals surface area contributed by atoms with E-state index >= 15 is 0 Å². The number of imide groups is 1. The number of rotatable bonds is 6. The Bertz CT molecular complexity index is 722. The van der Waals surface area contributed by atoms with Gasteiger partial charge in [0.05, 0.1) is 5.25 Å². The molecule has 0 radical (unpaired) electrons. The number of aromatic nitrogens is 1. The molecule has 24 heavy (non-hydrogen) atoms. The second kappa shape index (κ2) is 7.35. The van der Waals surface area contributed by atoms with Gasteiger partial charge in [0.15, 0.2) is 6.73 Å². The van der Waals surface area contributed by atoms with Gasteiger partial charge in [0, 0.05) is 13.2 Å². The van der Waals surface area contributed by atoms with Crippen LogP contribution in [0.2, 0.25) is 0 Å². The van der Waals surface area contributed by atoms with Crippen molar-refractivity contribution in [3.63, 3.8) is 0 Å². The Labute approximate surface area is 144 Å². The molecule has 2 heterocycles. The first kappa shape index (κ1) is 16.3. The molecule has 0 bridgehead atoms. The zero-order valence-corrected chi connectivity index (χ0v) is 14.0. The molecule has 1 fully saturated rings. The van der Waals surface area contributed by atoms with Crippen LogP contribution in [0.5, 0.6) is 5.75 Å². The molecule has 124 valence electrons. The molecule has 3 rings (SSSR count). The smallest absolute Gasteiger partial charge is 0.286 e. The van der Waals surface area contributed by atoms with Crippen LogP contribution in [0.1, 0.15) is 5.56 Å². The van der Waals surface area contributed by atoms with Crippen LogP contribution in [0, 0.1) is 0 Å². The van der Waals surface area contributed by atoms with E-state index < -0.39 is 0 Å². The molecule has 1 N–H and O–H groups in total. The molecule has 1 aromatic carbocycles. The van der Waals surface area contributed by atoms with Gasteiger partial charge < -0.3 is 9.64 Å². The van der Waals surface area contributed by atoms with Crippen molar-refractivity contribution in [3.8, 4) is 5.75 Å². The summed E-state index contributed by atoms with van der Waals surface area (Å²) in [6.45, 7) is 0.381. The second-order valence-electron chi connectivity index (χ2n) is 5.39. The third-order valence-electron chi connectivity index (χ3n) is 3.58. The fraction of sp³-hybridized carbons (Fsp3) is 0.235. The van der Waals surface area contributed by atoms with E-state index in [4.69, 9.17) is 4.74 Å². The van der Waals surface area contributed by atoms with E-state index in [1.54, 1.807) is 6.20 Å². The van der Waals surface area contributed by atoms with Gasteiger partial charge in [0.2, 0.25) is 5.91 Å². The van der Waals surface area contributed by atoms with Gasteiger partial charge in [-0.15, -0.1) is 0 Å². The minimum absolute atomic E-state index is 0.220. The average Bonchev–Trinajstić information content (AvgIpc) is 2.92. The summed E-state index contributed by atoms with van der Waals surface area (Å²) >= 11 is 1.04. The molecule has 1 aromatic heterocycles. The van der Waals surface area contributed by atoms with Crippen LogP contribution in [-0.2, 0) is 11.2 Å². The maximum atomic E-state index is 11.6. The number of nitrogens with one attached hydrogen (secondary N) is 1. The largest absolute Gasteiger partial charge is 0.473 e. The lowest BCUT2D eigenvalue weighted by molar-refractivity contribution is -0.118. The topological polar surface area (TPSA) is 71.5 Å². The molecule has 0 saturated carbocycles. The lowest BCUT2D eigenvalue weighted by Gasteiger charge is -2.18. The number of carbonyl (C=O) groups excluding carboxylic acids is 2. The summed E-state index contributed by atoms with van der Waals surface area (Å²) in [5.41, 5.74) is 0.989. The third kappa shape index (κ3) is 4.05. The third-order valence-corrected chi connectivity index (χ3v) is 4.56. The van der Waals surface area contributed by atoms with Gasteiger partial charge in [-0.25, -0.2) is 4.98 Å². The number of thioether (sulfide) groups is 1. The van der Waals surface area contributed by atoms with Crippen LogP contribution in [0.15, 0.2) is 48.7 Å². The summed E-state index contributed by atoms with van der Waals surface area (Å²) in [6, 6.07) is 13.3. The number of nitrogens with zero attached hydrogens (tertiary/aromatic N) is 2. The lowest BCUT2D eigenvalue weighted by atomic mass is 10.1. The Morgan fingerprint density at radius 3 is 2.62 bits per heavy atom. The molecule has 2 aromatic rings. The van der Waals surface area contributed by atoms with Crippen molar-refractivity contribution < 1.29 is 14.3 Å². The fourth-order valence-corrected chi connectivity index (χ4v) is 3.14. The van der Waals surface area contributed by atoms with Gasteiger partial charge in [0.25, 0.3) is 5.24 Å². The highest BCUT2D eigenvalue weighted by atomic mass is 32.2. The Morgan fingerprint density at radius 2 is 2.00 bits per heavy atom. The molecular formula is C17H17N3O3S. The Morgan fingerprint density at radius 1 is 1.21 bits per heavy atom. The number of ether oxygens (including phenoxy) is 1. The van der Waals surface area contributed by atoms with Gasteiger partial charge in [-0.05, 0) is 36.2 Å². The number of benzene rings is 1. The monoisotopic (exact) mass is 343 g/mol. The van der Waals surface area contributed by atoms with Gasteiger partial charge in [0.1, 0.15) is 11.6 Å². The van der Waals surface area contributed by atoms with Crippen molar-refractivity contribution >= 4 is 28.7 Å². The normalized spacial score (nSPS) is 16.8. The molecule has 0 spiro atoms. The molecule has 7 heteroatoms. The highest BCUT2D eigenvalue weighted by molar-refractivity contribution is 8.15. The molecule has 1 saturated heterocycles. The van der Waals surface area contributed by atoms with Crippen molar-refractivity contribution in [1.29, 1.82) is 0 Å². The van der Waals surface area contributed by atoms with Crippen LogP contribution in [0.3, 0.4) is 0 Å². The van der Waals surface area contributed by atoms with Crippen molar-refractivity contribution in [2.75, 3.05) is 18.7 Å². The van der Waals surface area contributed by atoms with E-state index in [9.17, 15) is 9.59 Å². The van der Waals surface area contributed by atoms with E-state index in [1.165, 1.54) is 0 Å². The van der Waals surface area contributed by atoms with E-state index in [-0.39, 0.29) is 16.4 Å². The fourth-order valence-electron chi connectivity index (χ4n) is 2.28. The summed E-state index contributed by atoms with van der Waals surface area (Å²) in [5.74, 6) is 1.35. The maximum absolute atomic E-state index is 11.6. The highest BCUT2D eigenvalue weighted by Gasteiger charge is 2.31. The SMILES string of the molecule is CN(COc1ccc(CC2SC(=O)NC2=O)cc1)c1ccccn1. The number of hydrogen-bond donors (Lipinski definition) is 1. The summed E-state index contributed by atoms with van der Waals surface area (Å²) in [6.07, 6.45) is 2.26. The van der Waals surface area contributed by atoms with Gasteiger partial charge in [-0.2, -0.15) is 0 Å². The van der Waals surface area contributed by atoms with Gasteiger partial charge in [-0.3, -0.25) is 14.9 Å². The zero-order chi connectivity index (χ0) is 16.9. The van der Waals surface area contributed by atoms with Crippen LogP contribution in [0.25, 0.3) is 0 Å². The van der Waals surface area contributed by atoms with Crippen LogP contribution in [0.4, 0.5) is 10.6 Å². The van der Waals surface area contributed by atoms with Crippen molar-refractivity contribution in [2.45, 2.75) is 11.7 Å². The zero-order valence-electron chi connectivity index (χ0n) is 13.1. The van der Waals surface area contributed by atoms with Gasteiger partial charge >= 0.3 is 0 Å². The summed E-state index contributed by atoms with van der Waals surface area (Å²) in [7, 11) is 1.91. The van der Waals surface area contributed by atoms with Crippen LogP contribution < -0.4 is 15.0 Å². The van der Waals surface area contributed by atoms with E-state index in [1.807, 2.05) is 54.4 Å². The average molecular weight is 343 g/mol. The van der Waals surface area contributed by atoms with Crippen LogP contribution in [-0.4, -0.2) is 35.2 Å². The molecule has 2 amide bonds. The number of anilines is 1. The first-order valence-electron chi connectivity index (χ1n) is 7.47. The molecule has 1 aliphatic heterocycles. The van der Waals surface area contributed by atoms with E-state index in [0.29, 0.717) is 13.2 Å². The molecular weight excluding hydrogens is 326 g/mol. The van der Waals surface area contributed by atoms with E-state index in [2.05, 4.69) is 10.3 Å². The van der Waals surface area contributed by atoms with Crippen molar-refractivity contribution in [3.05, 3.63) is 54.2 Å². The molecule has 1 unspecified atom stereocenters. The lowest BCUT2D eigenvalue weighted by Crippen LogP contribution is -2.25. The minimum atomic E-state index is -0.348. The number of pyridine rings is 1. The van der Waals surface area contributed by atoms with Crippen molar-refractivity contribution in [2.24, 2.45) is 0 Å². The first-order chi connectivity index (χ1) is 11.6. The summed E-state index contributed by atoms with van der Waals surface area (Å²) in [4.78, 5) is 28.9. The maximum Gasteiger partial charge on any atom is 0.286 e. The second-order valence-corrected chi connectivity index (χ2v) is 6.57. The van der Waals surface area contributed by atoms with Crippen molar-refractivity contribution in [1.82, 2.24) is 10.3 Å². The first-order valence-corrected chi connectivity index (χ1v) is 8.35. The predicted octanol–water partition coefficient (Wildman–Crippen LogP) is 2.45. The summed E-state index contributed by atoms with van der Waals surface area (Å²) in [5, 5.41) is 1.67. The number of hydrogen-bond acceptors (Lipinski definition) is 6. The number of amides is 2. The molecule has 1 atom stereocenters. The molecule has 6 nitrogen and oxygen atoms in total. The van der Waals surface area contributed by atoms with Crippen LogP contribution >= 0.6 is 11.8 Å². The highest BCUT2D eigenvalue weighted by Crippen LogP contribution is 2.24. The summed E-state index contributed by atoms with van der Waals surface area (Å²) < 4.78 is 5.73. The van der Waals surface area contributed by atoms with E-state index in [0.717, 1.165) is 28.9 Å². The number of carbonyl (C=O) groups is 2. The Hall–Kier alpha value is -2.54. The molecule has 1 aliphatic rings. The minimum Gasteiger partial charge on any atom is -0.473 e. The Kier molecular flexibility index (Phi) is 5.00. The quantitative estimate of drug-likeness (QED) is 0.813. The predicted molar refractivity (Wildman–Crippen MR) is 93.2 cm³/mol.